The zero-order chi connectivity index (χ0) is 26.2. The second-order valence-corrected chi connectivity index (χ2v) is 9.10. The summed E-state index contributed by atoms with van der Waals surface area (Å²) < 4.78 is 23.3. The number of likely N-dealkylation sites (tertiary alicyclic amines) is 1. The number of carbonyl (C=O) groups is 1. The number of rotatable bonds is 11. The molecule has 37 heavy (non-hydrogen) atoms. The van der Waals surface area contributed by atoms with Crippen LogP contribution in [0.4, 0.5) is 0 Å². The lowest BCUT2D eigenvalue weighted by Crippen LogP contribution is -2.41. The van der Waals surface area contributed by atoms with E-state index in [2.05, 4.69) is 4.90 Å². The van der Waals surface area contributed by atoms with Gasteiger partial charge in [0.2, 0.25) is 0 Å². The molecule has 0 aliphatic carbocycles. The fourth-order valence-corrected chi connectivity index (χ4v) is 4.89. The van der Waals surface area contributed by atoms with Crippen molar-refractivity contribution in [2.45, 2.75) is 32.4 Å². The Morgan fingerprint density at radius 2 is 1.78 bits per heavy atom. The van der Waals surface area contributed by atoms with Gasteiger partial charge in [0, 0.05) is 18.2 Å². The summed E-state index contributed by atoms with van der Waals surface area (Å²) in [5.41, 5.74) is 2.99. The van der Waals surface area contributed by atoms with Crippen LogP contribution in [0, 0.1) is 5.92 Å². The average molecular weight is 506 g/mol. The molecule has 196 valence electrons. The maximum absolute atomic E-state index is 11.9. The highest BCUT2D eigenvalue weighted by Gasteiger charge is 2.33. The number of aliphatic carboxylic acids is 1. The molecule has 0 spiro atoms. The molecule has 7 nitrogen and oxygen atoms in total. The van der Waals surface area contributed by atoms with Crippen molar-refractivity contribution in [1.82, 2.24) is 4.90 Å². The van der Waals surface area contributed by atoms with Crippen molar-refractivity contribution < 1.29 is 28.8 Å². The van der Waals surface area contributed by atoms with Gasteiger partial charge in [0.1, 0.15) is 18.1 Å². The van der Waals surface area contributed by atoms with Gasteiger partial charge in [-0.1, -0.05) is 36.4 Å². The second-order valence-electron chi connectivity index (χ2n) is 9.10. The van der Waals surface area contributed by atoms with E-state index in [1.807, 2.05) is 73.7 Å². The van der Waals surface area contributed by atoms with Crippen molar-refractivity contribution >= 4 is 5.97 Å². The number of nitrogens with zero attached hydrogens (tertiary/aromatic N) is 1. The number of carboxylic acids is 1. The Morgan fingerprint density at radius 3 is 2.49 bits per heavy atom. The molecule has 0 bridgehead atoms. The molecule has 1 aliphatic heterocycles. The van der Waals surface area contributed by atoms with Crippen LogP contribution in [-0.4, -0.2) is 49.9 Å². The molecule has 1 saturated heterocycles. The molecule has 0 radical (unpaired) electrons. The Kier molecular flexibility index (Phi) is 8.90. The third kappa shape index (κ3) is 6.35. The van der Waals surface area contributed by atoms with Gasteiger partial charge in [-0.2, -0.15) is 0 Å². The lowest BCUT2D eigenvalue weighted by Gasteiger charge is -2.38. The summed E-state index contributed by atoms with van der Waals surface area (Å²) in [6.45, 7) is 4.10. The fourth-order valence-electron chi connectivity index (χ4n) is 4.89. The van der Waals surface area contributed by atoms with E-state index < -0.39 is 11.9 Å². The predicted octanol–water partition coefficient (Wildman–Crippen LogP) is 5.57. The number of hydrogen-bond acceptors (Lipinski definition) is 6. The van der Waals surface area contributed by atoms with E-state index in [-0.39, 0.29) is 6.04 Å². The van der Waals surface area contributed by atoms with Crippen LogP contribution in [0.5, 0.6) is 23.0 Å². The first-order chi connectivity index (χ1) is 18.0. The van der Waals surface area contributed by atoms with E-state index in [0.717, 1.165) is 29.7 Å². The smallest absolute Gasteiger partial charge is 0.307 e. The summed E-state index contributed by atoms with van der Waals surface area (Å²) in [5, 5.41) is 9.75. The largest absolute Gasteiger partial charge is 0.497 e. The van der Waals surface area contributed by atoms with Crippen LogP contribution in [-0.2, 0) is 11.4 Å². The number of methoxy groups -OCH3 is 2. The molecular weight excluding hydrogens is 470 g/mol. The number of ether oxygens (including phenoxy) is 4. The molecule has 7 heteroatoms. The Morgan fingerprint density at radius 1 is 0.973 bits per heavy atom. The number of hydrogen-bond donors (Lipinski definition) is 1. The van der Waals surface area contributed by atoms with Gasteiger partial charge in [-0.05, 0) is 61.7 Å². The molecule has 0 saturated carbocycles. The summed E-state index contributed by atoms with van der Waals surface area (Å²) in [7, 11) is 3.26. The number of piperidine rings is 1. The van der Waals surface area contributed by atoms with Gasteiger partial charge in [0.15, 0.2) is 11.5 Å². The third-order valence-corrected chi connectivity index (χ3v) is 6.72. The van der Waals surface area contributed by atoms with Crippen LogP contribution in [0.25, 0.3) is 0 Å². The molecule has 1 heterocycles. The van der Waals surface area contributed by atoms with E-state index in [1.165, 1.54) is 0 Å². The first kappa shape index (κ1) is 26.4. The summed E-state index contributed by atoms with van der Waals surface area (Å²) in [6, 6.07) is 21.5. The molecule has 1 N–H and O–H groups in total. The normalized spacial score (nSPS) is 16.6. The van der Waals surface area contributed by atoms with Crippen LogP contribution in [0.1, 0.15) is 42.5 Å². The van der Waals surface area contributed by atoms with Crippen LogP contribution >= 0.6 is 0 Å². The van der Waals surface area contributed by atoms with Crippen LogP contribution in [0.2, 0.25) is 0 Å². The highest BCUT2D eigenvalue weighted by Crippen LogP contribution is 2.41. The Hall–Kier alpha value is -3.71. The fraction of sp³-hybridized carbons (Fsp3) is 0.367. The quantitative estimate of drug-likeness (QED) is 0.365. The predicted molar refractivity (Wildman–Crippen MR) is 142 cm³/mol. The van der Waals surface area contributed by atoms with Crippen molar-refractivity contribution in [3.05, 3.63) is 83.4 Å². The van der Waals surface area contributed by atoms with Gasteiger partial charge < -0.3 is 24.1 Å². The first-order valence-electron chi connectivity index (χ1n) is 12.7. The SMILES string of the molecule is CCOc1cc(C(c2ccc(OC)cc2OC)N2CCCC(C(=O)O)C2)ccc1OCc1ccccc1. The van der Waals surface area contributed by atoms with Crippen LogP contribution < -0.4 is 18.9 Å². The van der Waals surface area contributed by atoms with Gasteiger partial charge in [0.05, 0.1) is 32.8 Å². The monoisotopic (exact) mass is 505 g/mol. The van der Waals surface area contributed by atoms with Crippen molar-refractivity contribution in [3.8, 4) is 23.0 Å². The van der Waals surface area contributed by atoms with E-state index in [1.54, 1.807) is 14.2 Å². The molecule has 3 aromatic rings. The molecule has 0 amide bonds. The molecule has 2 atom stereocenters. The third-order valence-electron chi connectivity index (χ3n) is 6.72. The number of carboxylic acid groups (broad SMARTS) is 1. The Balaban J connectivity index is 1.73. The summed E-state index contributed by atoms with van der Waals surface area (Å²) in [4.78, 5) is 14.1. The van der Waals surface area contributed by atoms with Gasteiger partial charge in [0.25, 0.3) is 0 Å². The maximum atomic E-state index is 11.9. The molecular formula is C30H35NO6. The molecule has 3 aromatic carbocycles. The van der Waals surface area contributed by atoms with Crippen molar-refractivity contribution in [3.63, 3.8) is 0 Å². The zero-order valence-corrected chi connectivity index (χ0v) is 21.7. The average Bonchev–Trinajstić information content (AvgIpc) is 2.93. The highest BCUT2D eigenvalue weighted by atomic mass is 16.5. The lowest BCUT2D eigenvalue weighted by molar-refractivity contribution is -0.143. The van der Waals surface area contributed by atoms with E-state index in [0.29, 0.717) is 49.2 Å². The topological polar surface area (TPSA) is 77.5 Å². The minimum absolute atomic E-state index is 0.231. The van der Waals surface area contributed by atoms with Crippen LogP contribution in [0.3, 0.4) is 0 Å². The lowest BCUT2D eigenvalue weighted by atomic mass is 9.90. The minimum atomic E-state index is -0.759. The Labute approximate surface area is 218 Å². The van der Waals surface area contributed by atoms with Crippen LogP contribution in [0.15, 0.2) is 66.7 Å². The maximum Gasteiger partial charge on any atom is 0.307 e. The summed E-state index contributed by atoms with van der Waals surface area (Å²) in [6.07, 6.45) is 1.48. The van der Waals surface area contributed by atoms with E-state index in [4.69, 9.17) is 18.9 Å². The van der Waals surface area contributed by atoms with Crippen molar-refractivity contribution in [2.75, 3.05) is 33.9 Å². The summed E-state index contributed by atoms with van der Waals surface area (Å²) >= 11 is 0. The van der Waals surface area contributed by atoms with Gasteiger partial charge in [-0.15, -0.1) is 0 Å². The van der Waals surface area contributed by atoms with Gasteiger partial charge in [-0.25, -0.2) is 0 Å². The molecule has 4 rings (SSSR count). The van der Waals surface area contributed by atoms with Gasteiger partial charge >= 0.3 is 5.97 Å². The molecule has 1 fully saturated rings. The standard InChI is InChI=1S/C30H35NO6/c1-4-36-28-17-22(12-15-26(28)37-20-21-9-6-5-7-10-21)29(31-16-8-11-23(19-31)30(32)33)25-14-13-24(34-2)18-27(25)35-3/h5-7,9-10,12-15,17-18,23,29H,4,8,11,16,19-20H2,1-3H3,(H,32,33). The second kappa shape index (κ2) is 12.5. The molecule has 0 aromatic heterocycles. The highest BCUT2D eigenvalue weighted by molar-refractivity contribution is 5.70. The Bertz CT molecular complexity index is 1180. The first-order valence-corrected chi connectivity index (χ1v) is 12.7. The molecule has 2 unspecified atom stereocenters. The van der Waals surface area contributed by atoms with Gasteiger partial charge in [-0.3, -0.25) is 9.69 Å². The van der Waals surface area contributed by atoms with E-state index in [9.17, 15) is 9.90 Å². The number of benzene rings is 3. The van der Waals surface area contributed by atoms with Crippen molar-refractivity contribution in [2.24, 2.45) is 5.92 Å². The minimum Gasteiger partial charge on any atom is -0.497 e. The molecule has 1 aliphatic rings. The zero-order valence-electron chi connectivity index (χ0n) is 21.7. The van der Waals surface area contributed by atoms with E-state index >= 15 is 0 Å². The summed E-state index contributed by atoms with van der Waals surface area (Å²) in [5.74, 6) is 1.52. The van der Waals surface area contributed by atoms with Crippen molar-refractivity contribution in [1.29, 1.82) is 0 Å².